The summed E-state index contributed by atoms with van der Waals surface area (Å²) in [6, 6.07) is 5.73. The molecule has 0 aliphatic carbocycles. The fourth-order valence-electron chi connectivity index (χ4n) is 2.96. The van der Waals surface area contributed by atoms with Crippen molar-refractivity contribution in [3.05, 3.63) is 35.6 Å². The Hall–Kier alpha value is -1.43. The van der Waals surface area contributed by atoms with E-state index >= 15 is 0 Å². The molecular weight excluding hydrogens is 269 g/mol. The molecule has 2 fully saturated rings. The van der Waals surface area contributed by atoms with Crippen LogP contribution < -0.4 is 0 Å². The number of amides is 1. The first-order valence-corrected chi connectivity index (χ1v) is 8.01. The average molecular weight is 283 g/mol. The summed E-state index contributed by atoms with van der Waals surface area (Å²) in [5.41, 5.74) is 0.819. The topological polar surface area (TPSA) is 54.5 Å². The monoisotopic (exact) mass is 283 g/mol. The first kappa shape index (κ1) is 12.6. The molecule has 2 heterocycles. The summed E-state index contributed by atoms with van der Waals surface area (Å²) < 4.78 is 36.0. The van der Waals surface area contributed by atoms with Gasteiger partial charge in [0, 0.05) is 18.9 Å². The van der Waals surface area contributed by atoms with Crippen LogP contribution in [0.5, 0.6) is 0 Å². The number of carbonyl (C=O) groups excluding carboxylic acids is 1. The zero-order valence-corrected chi connectivity index (χ0v) is 11.1. The van der Waals surface area contributed by atoms with Crippen molar-refractivity contribution in [2.45, 2.75) is 19.0 Å². The van der Waals surface area contributed by atoms with E-state index in [9.17, 15) is 17.6 Å². The largest absolute Gasteiger partial charge is 0.334 e. The molecule has 2 unspecified atom stereocenters. The Labute approximate surface area is 111 Å². The van der Waals surface area contributed by atoms with Crippen LogP contribution in [0.25, 0.3) is 0 Å². The molecule has 1 aromatic rings. The molecule has 0 bridgehead atoms. The Kier molecular flexibility index (Phi) is 2.85. The van der Waals surface area contributed by atoms with E-state index in [1.165, 1.54) is 12.1 Å². The van der Waals surface area contributed by atoms with Crippen molar-refractivity contribution in [3.63, 3.8) is 0 Å². The van der Waals surface area contributed by atoms with E-state index in [0.29, 0.717) is 13.0 Å². The predicted octanol–water partition coefficient (Wildman–Crippen LogP) is 0.971. The van der Waals surface area contributed by atoms with Crippen LogP contribution in [0.1, 0.15) is 12.0 Å². The molecule has 0 spiro atoms. The minimum absolute atomic E-state index is 0.00535. The second-order valence-corrected chi connectivity index (χ2v) is 7.41. The number of benzene rings is 1. The van der Waals surface area contributed by atoms with E-state index in [1.54, 1.807) is 17.0 Å². The van der Waals surface area contributed by atoms with E-state index in [1.807, 2.05) is 0 Å². The highest BCUT2D eigenvalue weighted by atomic mass is 32.2. The Morgan fingerprint density at radius 1 is 1.21 bits per heavy atom. The fraction of sp³-hybridized carbons (Fsp3) is 0.462. The number of halogens is 1. The molecule has 3 rings (SSSR count). The van der Waals surface area contributed by atoms with Crippen molar-refractivity contribution in [3.8, 4) is 0 Å². The first-order chi connectivity index (χ1) is 8.94. The number of carbonyl (C=O) groups is 1. The van der Waals surface area contributed by atoms with Crippen LogP contribution in [0.3, 0.4) is 0 Å². The average Bonchev–Trinajstić information content (AvgIpc) is 2.75. The number of likely N-dealkylation sites (tertiary alicyclic amines) is 1. The fourth-order valence-corrected chi connectivity index (χ4v) is 5.06. The minimum Gasteiger partial charge on any atom is -0.334 e. The normalized spacial score (nSPS) is 28.7. The lowest BCUT2D eigenvalue weighted by atomic mass is 10.0. The molecule has 2 atom stereocenters. The summed E-state index contributed by atoms with van der Waals surface area (Å²) >= 11 is 0. The van der Waals surface area contributed by atoms with Crippen LogP contribution in [0, 0.1) is 11.7 Å². The molecule has 102 valence electrons. The quantitative estimate of drug-likeness (QED) is 0.812. The molecule has 0 N–H and O–H groups in total. The molecular formula is C13H14FNO3S. The van der Waals surface area contributed by atoms with Gasteiger partial charge >= 0.3 is 0 Å². The van der Waals surface area contributed by atoms with E-state index in [-0.39, 0.29) is 35.2 Å². The third kappa shape index (κ3) is 2.36. The summed E-state index contributed by atoms with van der Waals surface area (Å²) in [5.74, 6) is -0.224. The second-order valence-electron chi connectivity index (χ2n) is 5.26. The summed E-state index contributed by atoms with van der Waals surface area (Å²) in [7, 11) is -3.01. The van der Waals surface area contributed by atoms with Crippen LogP contribution in [-0.4, -0.2) is 36.8 Å². The lowest BCUT2D eigenvalue weighted by Gasteiger charge is -2.23. The van der Waals surface area contributed by atoms with Crippen LogP contribution in [-0.2, 0) is 21.2 Å². The molecule has 0 aromatic heterocycles. The van der Waals surface area contributed by atoms with Crippen molar-refractivity contribution in [2.75, 3.05) is 11.5 Å². The van der Waals surface area contributed by atoms with Gasteiger partial charge in [0.2, 0.25) is 5.91 Å². The maximum Gasteiger partial charge on any atom is 0.223 e. The van der Waals surface area contributed by atoms with E-state index in [4.69, 9.17) is 0 Å². The number of sulfone groups is 1. The maximum atomic E-state index is 12.8. The summed E-state index contributed by atoms with van der Waals surface area (Å²) in [4.78, 5) is 13.6. The van der Waals surface area contributed by atoms with Crippen molar-refractivity contribution < 1.29 is 17.6 Å². The smallest absolute Gasteiger partial charge is 0.223 e. The highest BCUT2D eigenvalue weighted by Gasteiger charge is 2.48. The van der Waals surface area contributed by atoms with E-state index in [2.05, 4.69) is 0 Å². The second kappa shape index (κ2) is 4.30. The van der Waals surface area contributed by atoms with Gasteiger partial charge in [-0.2, -0.15) is 0 Å². The van der Waals surface area contributed by atoms with Gasteiger partial charge in [-0.05, 0) is 17.7 Å². The van der Waals surface area contributed by atoms with Crippen molar-refractivity contribution in [1.82, 2.24) is 4.90 Å². The number of hydrogen-bond acceptors (Lipinski definition) is 3. The van der Waals surface area contributed by atoms with Crippen LogP contribution in [0.2, 0.25) is 0 Å². The van der Waals surface area contributed by atoms with Gasteiger partial charge in [0.15, 0.2) is 9.84 Å². The van der Waals surface area contributed by atoms with E-state index in [0.717, 1.165) is 5.56 Å². The van der Waals surface area contributed by atoms with Gasteiger partial charge in [-0.1, -0.05) is 12.1 Å². The van der Waals surface area contributed by atoms with Gasteiger partial charge < -0.3 is 4.90 Å². The van der Waals surface area contributed by atoms with Gasteiger partial charge in [-0.15, -0.1) is 0 Å². The highest BCUT2D eigenvalue weighted by molar-refractivity contribution is 7.91. The Morgan fingerprint density at radius 2 is 1.89 bits per heavy atom. The summed E-state index contributed by atoms with van der Waals surface area (Å²) in [5, 5.41) is 0. The molecule has 4 nitrogen and oxygen atoms in total. The third-order valence-electron chi connectivity index (χ3n) is 3.86. The molecule has 2 aliphatic rings. The van der Waals surface area contributed by atoms with Crippen molar-refractivity contribution in [2.24, 2.45) is 5.92 Å². The minimum atomic E-state index is -3.01. The van der Waals surface area contributed by atoms with Crippen LogP contribution >= 0.6 is 0 Å². The van der Waals surface area contributed by atoms with Crippen molar-refractivity contribution in [1.29, 1.82) is 0 Å². The molecule has 0 saturated carbocycles. The van der Waals surface area contributed by atoms with Gasteiger partial charge in [-0.3, -0.25) is 4.79 Å². The predicted molar refractivity (Wildman–Crippen MR) is 67.5 cm³/mol. The number of hydrogen-bond donors (Lipinski definition) is 0. The zero-order valence-electron chi connectivity index (χ0n) is 10.3. The zero-order chi connectivity index (χ0) is 13.6. The maximum absolute atomic E-state index is 12.8. The Bertz CT molecular complexity index is 611. The molecule has 2 saturated heterocycles. The Balaban J connectivity index is 1.80. The SMILES string of the molecule is O=C1CC2CS(=O)(=O)CC2N1Cc1ccc(F)cc1. The third-order valence-corrected chi connectivity index (χ3v) is 5.65. The molecule has 0 radical (unpaired) electrons. The van der Waals surface area contributed by atoms with Gasteiger partial charge in [0.1, 0.15) is 5.82 Å². The van der Waals surface area contributed by atoms with Gasteiger partial charge in [0.25, 0.3) is 0 Å². The molecule has 1 amide bonds. The number of fused-ring (bicyclic) bond motifs is 1. The lowest BCUT2D eigenvalue weighted by Crippen LogP contribution is -2.35. The van der Waals surface area contributed by atoms with E-state index < -0.39 is 9.84 Å². The molecule has 6 heteroatoms. The van der Waals surface area contributed by atoms with Gasteiger partial charge in [0.05, 0.1) is 17.5 Å². The van der Waals surface area contributed by atoms with Crippen LogP contribution in [0.4, 0.5) is 4.39 Å². The van der Waals surface area contributed by atoms with Gasteiger partial charge in [-0.25, -0.2) is 12.8 Å². The van der Waals surface area contributed by atoms with Crippen LogP contribution in [0.15, 0.2) is 24.3 Å². The first-order valence-electron chi connectivity index (χ1n) is 6.19. The molecule has 19 heavy (non-hydrogen) atoms. The summed E-state index contributed by atoms with van der Waals surface area (Å²) in [6.07, 6.45) is 0.311. The number of nitrogens with zero attached hydrogens (tertiary/aromatic N) is 1. The summed E-state index contributed by atoms with van der Waals surface area (Å²) in [6.45, 7) is 0.357. The molecule has 2 aliphatic heterocycles. The standard InChI is InChI=1S/C13H14FNO3S/c14-11-3-1-9(2-4-11)6-15-12-8-19(17,18)7-10(12)5-13(15)16/h1-4,10,12H,5-8H2. The highest BCUT2D eigenvalue weighted by Crippen LogP contribution is 2.34. The number of rotatable bonds is 2. The molecule has 1 aromatic carbocycles. The van der Waals surface area contributed by atoms with Crippen molar-refractivity contribution >= 4 is 15.7 Å². The Morgan fingerprint density at radius 3 is 2.58 bits per heavy atom. The lowest BCUT2D eigenvalue weighted by molar-refractivity contribution is -0.129.